The van der Waals surface area contributed by atoms with Gasteiger partial charge in [-0.15, -0.1) is 0 Å². The topological polar surface area (TPSA) is 30.5 Å². The third-order valence-corrected chi connectivity index (χ3v) is 3.18. The van der Waals surface area contributed by atoms with Crippen LogP contribution in [0.25, 0.3) is 0 Å². The molecule has 1 aliphatic rings. The summed E-state index contributed by atoms with van der Waals surface area (Å²) in [7, 11) is 1.74. The third-order valence-electron chi connectivity index (χ3n) is 3.18. The van der Waals surface area contributed by atoms with E-state index in [4.69, 9.17) is 9.47 Å². The zero-order valence-corrected chi connectivity index (χ0v) is 10.7. The van der Waals surface area contributed by atoms with Gasteiger partial charge in [0, 0.05) is 20.1 Å². The number of methoxy groups -OCH3 is 1. The predicted molar refractivity (Wildman–Crippen MR) is 68.7 cm³/mol. The van der Waals surface area contributed by atoms with Crippen molar-refractivity contribution < 1.29 is 9.47 Å². The molecule has 1 aromatic carbocycles. The van der Waals surface area contributed by atoms with Crippen molar-refractivity contribution in [1.29, 1.82) is 0 Å². The number of fused-ring (bicyclic) bond motifs is 1. The summed E-state index contributed by atoms with van der Waals surface area (Å²) in [4.78, 5) is 0. The molecule has 3 heteroatoms. The summed E-state index contributed by atoms with van der Waals surface area (Å²) in [6, 6.07) is 6.52. The number of ether oxygens (including phenoxy) is 2. The van der Waals surface area contributed by atoms with E-state index in [1.165, 1.54) is 11.1 Å². The lowest BCUT2D eigenvalue weighted by atomic mass is 10.1. The van der Waals surface area contributed by atoms with Crippen LogP contribution < -0.4 is 10.1 Å². The highest BCUT2D eigenvalue weighted by Crippen LogP contribution is 2.25. The molecule has 0 aromatic heterocycles. The molecular weight excluding hydrogens is 214 g/mol. The normalized spacial score (nSPS) is 15.4. The Bertz CT molecular complexity index is 365. The minimum absolute atomic E-state index is 0.281. The summed E-state index contributed by atoms with van der Waals surface area (Å²) in [5, 5.41) is 3.40. The number of rotatable bonds is 6. The van der Waals surface area contributed by atoms with Gasteiger partial charge in [0.1, 0.15) is 5.75 Å². The van der Waals surface area contributed by atoms with Gasteiger partial charge < -0.3 is 14.8 Å². The Morgan fingerprint density at radius 3 is 3.18 bits per heavy atom. The van der Waals surface area contributed by atoms with Gasteiger partial charge in [-0.3, -0.25) is 0 Å². The van der Waals surface area contributed by atoms with Crippen LogP contribution in [0.5, 0.6) is 5.75 Å². The van der Waals surface area contributed by atoms with Crippen molar-refractivity contribution >= 4 is 0 Å². The lowest BCUT2D eigenvalue weighted by Gasteiger charge is -2.10. The molecule has 1 N–H and O–H groups in total. The molecule has 0 aliphatic carbocycles. The molecule has 1 aliphatic heterocycles. The van der Waals surface area contributed by atoms with E-state index in [1.54, 1.807) is 7.11 Å². The van der Waals surface area contributed by atoms with Crippen LogP contribution in [0.1, 0.15) is 18.1 Å². The Balaban J connectivity index is 1.76. The number of nitrogens with one attached hydrogen (secondary N) is 1. The molecule has 3 nitrogen and oxygen atoms in total. The van der Waals surface area contributed by atoms with Crippen molar-refractivity contribution in [2.24, 2.45) is 0 Å². The third kappa shape index (κ3) is 3.45. The van der Waals surface area contributed by atoms with E-state index < -0.39 is 0 Å². The molecule has 94 valence electrons. The van der Waals surface area contributed by atoms with Crippen molar-refractivity contribution in [2.75, 3.05) is 26.8 Å². The number of benzene rings is 1. The molecule has 1 aromatic rings. The van der Waals surface area contributed by atoms with Crippen LogP contribution in [0.3, 0.4) is 0 Å². The fraction of sp³-hybridized carbons (Fsp3) is 0.571. The summed E-state index contributed by atoms with van der Waals surface area (Å²) in [5.74, 6) is 1.06. The smallest absolute Gasteiger partial charge is 0.122 e. The van der Waals surface area contributed by atoms with Gasteiger partial charge in [-0.1, -0.05) is 12.1 Å². The maximum atomic E-state index is 5.49. The summed E-state index contributed by atoms with van der Waals surface area (Å²) in [6.07, 6.45) is 2.39. The minimum atomic E-state index is 0.281. The van der Waals surface area contributed by atoms with Crippen molar-refractivity contribution in [1.82, 2.24) is 5.32 Å². The van der Waals surface area contributed by atoms with E-state index >= 15 is 0 Å². The molecule has 2 rings (SSSR count). The van der Waals surface area contributed by atoms with E-state index in [-0.39, 0.29) is 6.10 Å². The maximum Gasteiger partial charge on any atom is 0.122 e. The Hall–Kier alpha value is -1.06. The van der Waals surface area contributed by atoms with Gasteiger partial charge in [0.25, 0.3) is 0 Å². The molecule has 0 fully saturated rings. The van der Waals surface area contributed by atoms with Gasteiger partial charge in [0.15, 0.2) is 0 Å². The second-order valence-corrected chi connectivity index (χ2v) is 4.54. The first kappa shape index (κ1) is 12.4. The van der Waals surface area contributed by atoms with Crippen molar-refractivity contribution in [3.63, 3.8) is 0 Å². The van der Waals surface area contributed by atoms with Crippen molar-refractivity contribution in [3.05, 3.63) is 29.3 Å². The van der Waals surface area contributed by atoms with Gasteiger partial charge in [-0.25, -0.2) is 0 Å². The van der Waals surface area contributed by atoms with E-state index in [0.717, 1.165) is 38.3 Å². The highest BCUT2D eigenvalue weighted by atomic mass is 16.5. The fourth-order valence-electron chi connectivity index (χ4n) is 2.02. The molecule has 0 amide bonds. The van der Waals surface area contributed by atoms with Crippen LogP contribution in [0, 0.1) is 0 Å². The number of hydrogen-bond acceptors (Lipinski definition) is 3. The van der Waals surface area contributed by atoms with E-state index in [1.807, 2.05) is 0 Å². The highest BCUT2D eigenvalue weighted by molar-refractivity contribution is 5.39. The van der Waals surface area contributed by atoms with Crippen molar-refractivity contribution in [2.45, 2.75) is 25.9 Å². The van der Waals surface area contributed by atoms with E-state index in [2.05, 4.69) is 30.4 Å². The molecule has 17 heavy (non-hydrogen) atoms. The van der Waals surface area contributed by atoms with Gasteiger partial charge >= 0.3 is 0 Å². The summed E-state index contributed by atoms with van der Waals surface area (Å²) < 4.78 is 10.7. The van der Waals surface area contributed by atoms with E-state index in [0.29, 0.717) is 0 Å². The lowest BCUT2D eigenvalue weighted by molar-refractivity contribution is 0.117. The highest BCUT2D eigenvalue weighted by Gasteiger charge is 2.11. The molecule has 1 atom stereocenters. The summed E-state index contributed by atoms with van der Waals surface area (Å²) in [6.45, 7) is 4.81. The molecule has 0 saturated carbocycles. The molecule has 0 bridgehead atoms. The summed E-state index contributed by atoms with van der Waals surface area (Å²) >= 11 is 0. The monoisotopic (exact) mass is 235 g/mol. The van der Waals surface area contributed by atoms with Crippen molar-refractivity contribution in [3.8, 4) is 5.75 Å². The Kier molecular flexibility index (Phi) is 4.40. The van der Waals surface area contributed by atoms with Gasteiger partial charge in [0.05, 0.1) is 12.7 Å². The second-order valence-electron chi connectivity index (χ2n) is 4.54. The number of hydrogen-bond donors (Lipinski definition) is 1. The molecular formula is C14H21NO2. The van der Waals surface area contributed by atoms with Crippen LogP contribution >= 0.6 is 0 Å². The van der Waals surface area contributed by atoms with Crippen LogP contribution in [0.4, 0.5) is 0 Å². The molecule has 1 unspecified atom stereocenters. The van der Waals surface area contributed by atoms with Gasteiger partial charge in [-0.2, -0.15) is 0 Å². The SMILES string of the molecule is COC(C)CNCCc1ccc2c(c1)CCO2. The average Bonchev–Trinajstić information content (AvgIpc) is 2.81. The Labute approximate surface area is 103 Å². The molecule has 0 saturated heterocycles. The van der Waals surface area contributed by atoms with E-state index in [9.17, 15) is 0 Å². The Morgan fingerprint density at radius 1 is 1.47 bits per heavy atom. The lowest BCUT2D eigenvalue weighted by Crippen LogP contribution is -2.27. The van der Waals surface area contributed by atoms with Crippen LogP contribution in [-0.4, -0.2) is 32.9 Å². The Morgan fingerprint density at radius 2 is 2.35 bits per heavy atom. The standard InChI is InChI=1S/C14H21NO2/c1-11(16-2)10-15-7-5-12-3-4-14-13(9-12)6-8-17-14/h3-4,9,11,15H,5-8,10H2,1-2H3. The maximum absolute atomic E-state index is 5.49. The first-order chi connectivity index (χ1) is 8.29. The van der Waals surface area contributed by atoms with Crippen LogP contribution in [0.15, 0.2) is 18.2 Å². The van der Waals surface area contributed by atoms with Crippen LogP contribution in [0.2, 0.25) is 0 Å². The fourth-order valence-corrected chi connectivity index (χ4v) is 2.02. The predicted octanol–water partition coefficient (Wildman–Crippen LogP) is 1.79. The summed E-state index contributed by atoms with van der Waals surface area (Å²) in [5.41, 5.74) is 2.74. The average molecular weight is 235 g/mol. The van der Waals surface area contributed by atoms with Crippen LogP contribution in [-0.2, 0) is 17.6 Å². The molecule has 0 spiro atoms. The zero-order valence-electron chi connectivity index (χ0n) is 10.7. The minimum Gasteiger partial charge on any atom is -0.493 e. The second kappa shape index (κ2) is 6.03. The van der Waals surface area contributed by atoms with Gasteiger partial charge in [-0.05, 0) is 37.1 Å². The molecule has 1 heterocycles. The quantitative estimate of drug-likeness (QED) is 0.763. The zero-order chi connectivity index (χ0) is 12.1. The molecule has 0 radical (unpaired) electrons. The van der Waals surface area contributed by atoms with Gasteiger partial charge in [0.2, 0.25) is 0 Å². The first-order valence-corrected chi connectivity index (χ1v) is 6.27. The largest absolute Gasteiger partial charge is 0.493 e. The first-order valence-electron chi connectivity index (χ1n) is 6.27.